The van der Waals surface area contributed by atoms with Crippen LogP contribution in [0.4, 0.5) is 0 Å². The molecular formula is C17H25NO2. The molecule has 0 aliphatic heterocycles. The van der Waals surface area contributed by atoms with E-state index in [1.807, 2.05) is 18.2 Å². The van der Waals surface area contributed by atoms with Crippen LogP contribution in [0, 0.1) is 0 Å². The molecule has 1 atom stereocenters. The largest absolute Gasteiger partial charge is 0.480 e. The second kappa shape index (κ2) is 8.05. The van der Waals surface area contributed by atoms with E-state index in [0.29, 0.717) is 12.5 Å². The lowest BCUT2D eigenvalue weighted by molar-refractivity contribution is -0.139. The molecule has 1 aliphatic carbocycles. The summed E-state index contributed by atoms with van der Waals surface area (Å²) in [7, 11) is 0. The minimum atomic E-state index is -0.717. The molecule has 20 heavy (non-hydrogen) atoms. The second-order valence-corrected chi connectivity index (χ2v) is 5.77. The fourth-order valence-electron chi connectivity index (χ4n) is 2.96. The average molecular weight is 275 g/mol. The molecule has 0 heterocycles. The summed E-state index contributed by atoms with van der Waals surface area (Å²) < 4.78 is 0. The summed E-state index contributed by atoms with van der Waals surface area (Å²) in [4.78, 5) is 11.4. The van der Waals surface area contributed by atoms with Gasteiger partial charge in [0, 0.05) is 6.04 Å². The molecule has 1 saturated carbocycles. The Hall–Kier alpha value is -1.35. The van der Waals surface area contributed by atoms with Crippen LogP contribution in [0.25, 0.3) is 0 Å². The molecule has 0 amide bonds. The topological polar surface area (TPSA) is 49.3 Å². The van der Waals surface area contributed by atoms with Crippen molar-refractivity contribution in [3.05, 3.63) is 35.9 Å². The maximum atomic E-state index is 11.4. The van der Waals surface area contributed by atoms with Crippen molar-refractivity contribution in [2.24, 2.45) is 0 Å². The molecule has 3 heteroatoms. The van der Waals surface area contributed by atoms with E-state index in [-0.39, 0.29) is 0 Å². The lowest BCUT2D eigenvalue weighted by Gasteiger charge is -2.22. The van der Waals surface area contributed by atoms with Crippen molar-refractivity contribution in [1.82, 2.24) is 5.32 Å². The molecule has 2 N–H and O–H groups in total. The number of nitrogens with one attached hydrogen (secondary N) is 1. The zero-order valence-electron chi connectivity index (χ0n) is 12.1. The number of rotatable bonds is 6. The molecule has 1 aromatic rings. The predicted octanol–water partition coefficient (Wildman–Crippen LogP) is 3.38. The monoisotopic (exact) mass is 275 g/mol. The van der Waals surface area contributed by atoms with Crippen molar-refractivity contribution < 1.29 is 9.90 Å². The van der Waals surface area contributed by atoms with E-state index in [1.165, 1.54) is 31.2 Å². The standard InChI is InChI=1S/C17H25NO2/c19-17(20)16(13-12-14-8-4-3-5-9-14)18-15-10-6-1-2-7-11-15/h3-5,8-9,15-16,18H,1-2,6-7,10-13H2,(H,19,20). The molecule has 0 bridgehead atoms. The Bertz CT molecular complexity index is 397. The number of aliphatic carboxylic acids is 1. The summed E-state index contributed by atoms with van der Waals surface area (Å²) in [5.41, 5.74) is 1.21. The summed E-state index contributed by atoms with van der Waals surface area (Å²) in [5, 5.41) is 12.8. The highest BCUT2D eigenvalue weighted by Crippen LogP contribution is 2.18. The number of carbonyl (C=O) groups is 1. The first kappa shape index (κ1) is 15.0. The van der Waals surface area contributed by atoms with Gasteiger partial charge >= 0.3 is 5.97 Å². The Morgan fingerprint density at radius 1 is 1.15 bits per heavy atom. The smallest absolute Gasteiger partial charge is 0.320 e. The van der Waals surface area contributed by atoms with Crippen molar-refractivity contribution in [2.75, 3.05) is 0 Å². The maximum Gasteiger partial charge on any atom is 0.320 e. The van der Waals surface area contributed by atoms with Gasteiger partial charge in [-0.25, -0.2) is 0 Å². The van der Waals surface area contributed by atoms with Crippen molar-refractivity contribution in [2.45, 2.75) is 63.5 Å². The maximum absolute atomic E-state index is 11.4. The number of hydrogen-bond donors (Lipinski definition) is 2. The summed E-state index contributed by atoms with van der Waals surface area (Å²) in [6.45, 7) is 0. The molecule has 3 nitrogen and oxygen atoms in total. The van der Waals surface area contributed by atoms with Gasteiger partial charge in [0.25, 0.3) is 0 Å². The van der Waals surface area contributed by atoms with E-state index in [4.69, 9.17) is 0 Å². The minimum Gasteiger partial charge on any atom is -0.480 e. The quantitative estimate of drug-likeness (QED) is 0.782. The van der Waals surface area contributed by atoms with Crippen LogP contribution in [-0.4, -0.2) is 23.2 Å². The predicted molar refractivity (Wildman–Crippen MR) is 80.8 cm³/mol. The van der Waals surface area contributed by atoms with Gasteiger partial charge in [0.1, 0.15) is 6.04 Å². The Morgan fingerprint density at radius 3 is 2.40 bits per heavy atom. The lowest BCUT2D eigenvalue weighted by Crippen LogP contribution is -2.43. The SMILES string of the molecule is O=C(O)C(CCc1ccccc1)NC1CCCCCC1. The van der Waals surface area contributed by atoms with Crippen LogP contribution in [0.2, 0.25) is 0 Å². The van der Waals surface area contributed by atoms with E-state index < -0.39 is 12.0 Å². The van der Waals surface area contributed by atoms with Gasteiger partial charge in [0.15, 0.2) is 0 Å². The third-order valence-corrected chi connectivity index (χ3v) is 4.15. The van der Waals surface area contributed by atoms with Crippen LogP contribution < -0.4 is 5.32 Å². The molecule has 0 radical (unpaired) electrons. The van der Waals surface area contributed by atoms with Crippen molar-refractivity contribution >= 4 is 5.97 Å². The molecule has 110 valence electrons. The van der Waals surface area contributed by atoms with Crippen molar-refractivity contribution in [3.63, 3.8) is 0 Å². The fraction of sp³-hybridized carbons (Fsp3) is 0.588. The third-order valence-electron chi connectivity index (χ3n) is 4.15. The minimum absolute atomic E-state index is 0.384. The Labute approximate surface area is 121 Å². The Morgan fingerprint density at radius 2 is 1.80 bits per heavy atom. The van der Waals surface area contributed by atoms with Gasteiger partial charge in [0.05, 0.1) is 0 Å². The van der Waals surface area contributed by atoms with E-state index in [9.17, 15) is 9.90 Å². The molecule has 0 aromatic heterocycles. The molecule has 0 spiro atoms. The number of hydrogen-bond acceptors (Lipinski definition) is 2. The summed E-state index contributed by atoms with van der Waals surface area (Å²) in [6.07, 6.45) is 8.75. The first-order valence-corrected chi connectivity index (χ1v) is 7.78. The Kier molecular flexibility index (Phi) is 6.06. The van der Waals surface area contributed by atoms with Crippen LogP contribution in [0.1, 0.15) is 50.5 Å². The highest BCUT2D eigenvalue weighted by Gasteiger charge is 2.22. The first-order valence-electron chi connectivity index (χ1n) is 7.78. The summed E-state index contributed by atoms with van der Waals surface area (Å²) in [6, 6.07) is 10.1. The summed E-state index contributed by atoms with van der Waals surface area (Å²) in [5.74, 6) is -0.717. The highest BCUT2D eigenvalue weighted by molar-refractivity contribution is 5.73. The van der Waals surface area contributed by atoms with Crippen molar-refractivity contribution in [1.29, 1.82) is 0 Å². The zero-order chi connectivity index (χ0) is 14.2. The van der Waals surface area contributed by atoms with E-state index >= 15 is 0 Å². The normalized spacial score (nSPS) is 18.4. The number of benzene rings is 1. The number of carboxylic acid groups (broad SMARTS) is 1. The number of aryl methyl sites for hydroxylation is 1. The van der Waals surface area contributed by atoms with Crippen LogP contribution in [-0.2, 0) is 11.2 Å². The first-order chi connectivity index (χ1) is 9.75. The van der Waals surface area contributed by atoms with Gasteiger partial charge < -0.3 is 10.4 Å². The van der Waals surface area contributed by atoms with Gasteiger partial charge in [-0.1, -0.05) is 56.0 Å². The van der Waals surface area contributed by atoms with Crippen LogP contribution in [0.15, 0.2) is 30.3 Å². The molecule has 1 unspecified atom stereocenters. The van der Waals surface area contributed by atoms with E-state index in [1.54, 1.807) is 0 Å². The van der Waals surface area contributed by atoms with Crippen molar-refractivity contribution in [3.8, 4) is 0 Å². The van der Waals surface area contributed by atoms with Gasteiger partial charge in [0.2, 0.25) is 0 Å². The lowest BCUT2D eigenvalue weighted by atomic mass is 10.0. The molecular weight excluding hydrogens is 250 g/mol. The fourth-order valence-corrected chi connectivity index (χ4v) is 2.96. The second-order valence-electron chi connectivity index (χ2n) is 5.77. The number of carboxylic acids is 1. The average Bonchev–Trinajstić information content (AvgIpc) is 2.73. The molecule has 0 saturated heterocycles. The van der Waals surface area contributed by atoms with Gasteiger partial charge in [-0.3, -0.25) is 4.79 Å². The van der Waals surface area contributed by atoms with E-state index in [2.05, 4.69) is 17.4 Å². The van der Waals surface area contributed by atoms with Gasteiger partial charge in [-0.15, -0.1) is 0 Å². The zero-order valence-corrected chi connectivity index (χ0v) is 12.1. The highest BCUT2D eigenvalue weighted by atomic mass is 16.4. The molecule has 2 rings (SSSR count). The van der Waals surface area contributed by atoms with Gasteiger partial charge in [-0.2, -0.15) is 0 Å². The Balaban J connectivity index is 1.85. The van der Waals surface area contributed by atoms with Crippen LogP contribution in [0.3, 0.4) is 0 Å². The molecule has 1 fully saturated rings. The third kappa shape index (κ3) is 4.97. The van der Waals surface area contributed by atoms with Crippen LogP contribution in [0.5, 0.6) is 0 Å². The van der Waals surface area contributed by atoms with Gasteiger partial charge in [-0.05, 0) is 31.2 Å². The van der Waals surface area contributed by atoms with E-state index in [0.717, 1.165) is 19.3 Å². The van der Waals surface area contributed by atoms with Crippen LogP contribution >= 0.6 is 0 Å². The molecule has 1 aliphatic rings. The summed E-state index contributed by atoms with van der Waals surface area (Å²) >= 11 is 0. The molecule has 1 aromatic carbocycles.